The topological polar surface area (TPSA) is 79.4 Å². The van der Waals surface area contributed by atoms with Crippen LogP contribution in [-0.2, 0) is 19.1 Å². The Balaban J connectivity index is 1.32. The number of carbonyl (C=O) groups excluding carboxylic acids is 3. The van der Waals surface area contributed by atoms with E-state index in [1.54, 1.807) is 12.0 Å². The molecule has 3 aromatic rings. The molecule has 1 fully saturated rings. The molecule has 1 saturated carbocycles. The zero-order valence-corrected chi connectivity index (χ0v) is 28.6. The van der Waals surface area contributed by atoms with Gasteiger partial charge in [-0.3, -0.25) is 9.59 Å². The minimum Gasteiger partial charge on any atom is -0.444 e. The minimum absolute atomic E-state index is 0.00636. The number of carbonyl (C=O) groups is 3. The summed E-state index contributed by atoms with van der Waals surface area (Å²) < 4.78 is 10.9. The number of para-hydroxylation sites is 1. The zero-order valence-electron chi connectivity index (χ0n) is 28.6. The summed E-state index contributed by atoms with van der Waals surface area (Å²) in [6, 6.07) is 26.8. The van der Waals surface area contributed by atoms with E-state index in [2.05, 4.69) is 36.4 Å². The van der Waals surface area contributed by atoms with E-state index in [4.69, 9.17) is 9.47 Å². The van der Waals surface area contributed by atoms with Gasteiger partial charge in [-0.15, -0.1) is 0 Å². The van der Waals surface area contributed by atoms with Crippen molar-refractivity contribution in [3.8, 4) is 11.1 Å². The normalized spacial score (nSPS) is 17.7. The first-order chi connectivity index (χ1) is 23.1. The van der Waals surface area contributed by atoms with Gasteiger partial charge in [0.05, 0.1) is 6.54 Å². The van der Waals surface area contributed by atoms with Crippen molar-refractivity contribution in [3.05, 3.63) is 95.6 Å². The molecule has 0 bridgehead atoms. The van der Waals surface area contributed by atoms with E-state index in [1.807, 2.05) is 73.0 Å². The van der Waals surface area contributed by atoms with Gasteiger partial charge in [-0.05, 0) is 86.4 Å². The molecule has 0 radical (unpaired) electrons. The van der Waals surface area contributed by atoms with Gasteiger partial charge in [0.2, 0.25) is 5.91 Å². The molecule has 1 aliphatic carbocycles. The van der Waals surface area contributed by atoms with Crippen molar-refractivity contribution in [2.24, 2.45) is 0 Å². The average Bonchev–Trinajstić information content (AvgIpc) is 3.87. The van der Waals surface area contributed by atoms with Gasteiger partial charge in [0.25, 0.3) is 5.91 Å². The Bertz CT molecular complexity index is 1670. The number of rotatable bonds is 10. The molecule has 8 nitrogen and oxygen atoms in total. The summed E-state index contributed by atoms with van der Waals surface area (Å²) in [7, 11) is 1.65. The Morgan fingerprint density at radius 1 is 0.896 bits per heavy atom. The fourth-order valence-corrected chi connectivity index (χ4v) is 6.86. The number of anilines is 1. The summed E-state index contributed by atoms with van der Waals surface area (Å²) >= 11 is 0. The second kappa shape index (κ2) is 14.4. The van der Waals surface area contributed by atoms with Gasteiger partial charge in [-0.25, -0.2) is 4.79 Å². The Hall–Kier alpha value is -4.43. The third-order valence-corrected chi connectivity index (χ3v) is 9.35. The van der Waals surface area contributed by atoms with Crippen LogP contribution in [0.25, 0.3) is 16.7 Å². The fraction of sp³-hybridized carbons (Fsp3) is 0.425. The predicted octanol–water partition coefficient (Wildman–Crippen LogP) is 7.30. The standard InChI is InChI=1S/C40H47N3O5/c1-40(2,3)48-39(46)41-22-21-33(30-15-10-14-29(24-30)28-12-6-5-7-13-28)35(27-41)38(45)42(32-19-20-32)25-31-26-43(37(44)18-11-23-47-4)36-17-9-8-16-34(31)36/h5-10,12-17,24,31-32H,11,18-23,25-27H2,1-4H3. The molecule has 3 amide bonds. The largest absolute Gasteiger partial charge is 0.444 e. The second-order valence-corrected chi connectivity index (χ2v) is 14.1. The highest BCUT2D eigenvalue weighted by Gasteiger charge is 2.41. The van der Waals surface area contributed by atoms with Crippen LogP contribution < -0.4 is 4.90 Å². The van der Waals surface area contributed by atoms with E-state index in [9.17, 15) is 14.4 Å². The summed E-state index contributed by atoms with van der Waals surface area (Å²) in [5.74, 6) is 0.0382. The highest BCUT2D eigenvalue weighted by atomic mass is 16.6. The maximum Gasteiger partial charge on any atom is 0.410 e. The van der Waals surface area contributed by atoms with Gasteiger partial charge in [0, 0.05) is 63.0 Å². The van der Waals surface area contributed by atoms with Crippen LogP contribution in [-0.4, -0.2) is 79.2 Å². The average molecular weight is 650 g/mol. The quantitative estimate of drug-likeness (QED) is 0.216. The molecule has 3 aromatic carbocycles. The van der Waals surface area contributed by atoms with Crippen molar-refractivity contribution in [1.82, 2.24) is 9.80 Å². The van der Waals surface area contributed by atoms with Crippen LogP contribution in [0.5, 0.6) is 0 Å². The van der Waals surface area contributed by atoms with Gasteiger partial charge in [0.1, 0.15) is 5.60 Å². The number of methoxy groups -OCH3 is 1. The number of amides is 3. The van der Waals surface area contributed by atoms with Gasteiger partial charge in [-0.2, -0.15) is 0 Å². The first-order valence-electron chi connectivity index (χ1n) is 17.2. The molecule has 8 heteroatoms. The van der Waals surface area contributed by atoms with Crippen LogP contribution >= 0.6 is 0 Å². The van der Waals surface area contributed by atoms with Crippen molar-refractivity contribution in [2.75, 3.05) is 44.8 Å². The van der Waals surface area contributed by atoms with Crippen molar-refractivity contribution in [3.63, 3.8) is 0 Å². The number of hydrogen-bond acceptors (Lipinski definition) is 5. The van der Waals surface area contributed by atoms with E-state index in [-0.39, 0.29) is 30.3 Å². The second-order valence-electron chi connectivity index (χ2n) is 14.1. The molecule has 3 aliphatic rings. The van der Waals surface area contributed by atoms with E-state index in [0.717, 1.165) is 46.4 Å². The van der Waals surface area contributed by atoms with Crippen LogP contribution in [0.4, 0.5) is 10.5 Å². The SMILES string of the molecule is COCCCC(=O)N1CC(CN(C(=O)C2=C(c3cccc(-c4ccccc4)c3)CCN(C(=O)OC(C)(C)C)C2)C2CC2)c2ccccc21. The third-order valence-electron chi connectivity index (χ3n) is 9.35. The summed E-state index contributed by atoms with van der Waals surface area (Å²) in [6.45, 7) is 7.82. The van der Waals surface area contributed by atoms with E-state index >= 15 is 0 Å². The number of hydrogen-bond donors (Lipinski definition) is 0. The fourth-order valence-electron chi connectivity index (χ4n) is 6.86. The molecule has 2 aliphatic heterocycles. The molecule has 252 valence electrons. The van der Waals surface area contributed by atoms with Crippen molar-refractivity contribution >= 4 is 29.2 Å². The van der Waals surface area contributed by atoms with E-state index < -0.39 is 11.7 Å². The van der Waals surface area contributed by atoms with Crippen LogP contribution in [0.2, 0.25) is 0 Å². The lowest BCUT2D eigenvalue weighted by Crippen LogP contribution is -2.46. The number of nitrogens with zero attached hydrogens (tertiary/aromatic N) is 3. The lowest BCUT2D eigenvalue weighted by atomic mass is 9.90. The molecule has 0 N–H and O–H groups in total. The number of benzene rings is 3. The van der Waals surface area contributed by atoms with Crippen LogP contribution in [0.15, 0.2) is 84.4 Å². The Kier molecular flexibility index (Phi) is 10.0. The maximum absolute atomic E-state index is 14.9. The molecule has 0 aromatic heterocycles. The summed E-state index contributed by atoms with van der Waals surface area (Å²) in [4.78, 5) is 47.0. The summed E-state index contributed by atoms with van der Waals surface area (Å²) in [5, 5.41) is 0. The zero-order chi connectivity index (χ0) is 33.8. The molecular formula is C40H47N3O5. The highest BCUT2D eigenvalue weighted by Crippen LogP contribution is 2.40. The lowest BCUT2D eigenvalue weighted by Gasteiger charge is -2.35. The van der Waals surface area contributed by atoms with E-state index in [0.29, 0.717) is 51.1 Å². The summed E-state index contributed by atoms with van der Waals surface area (Å²) in [5.41, 5.74) is 6.20. The predicted molar refractivity (Wildman–Crippen MR) is 189 cm³/mol. The first-order valence-corrected chi connectivity index (χ1v) is 17.2. The first kappa shape index (κ1) is 33.5. The Morgan fingerprint density at radius 3 is 2.33 bits per heavy atom. The van der Waals surface area contributed by atoms with E-state index in [1.165, 1.54) is 0 Å². The monoisotopic (exact) mass is 649 g/mol. The summed E-state index contributed by atoms with van der Waals surface area (Å²) in [6.07, 6.45) is 3.12. The molecule has 48 heavy (non-hydrogen) atoms. The van der Waals surface area contributed by atoms with Gasteiger partial charge < -0.3 is 24.2 Å². The molecule has 1 unspecified atom stereocenters. The maximum atomic E-state index is 14.9. The minimum atomic E-state index is -0.641. The van der Waals surface area contributed by atoms with Crippen molar-refractivity contribution in [2.45, 2.75) is 70.4 Å². The lowest BCUT2D eigenvalue weighted by molar-refractivity contribution is -0.128. The Morgan fingerprint density at radius 2 is 1.60 bits per heavy atom. The van der Waals surface area contributed by atoms with Crippen molar-refractivity contribution in [1.29, 1.82) is 0 Å². The molecule has 1 atom stereocenters. The van der Waals surface area contributed by atoms with Crippen molar-refractivity contribution < 1.29 is 23.9 Å². The van der Waals surface area contributed by atoms with Gasteiger partial charge in [-0.1, -0.05) is 66.7 Å². The highest BCUT2D eigenvalue weighted by molar-refractivity contribution is 6.03. The molecule has 2 heterocycles. The van der Waals surface area contributed by atoms with Gasteiger partial charge in [0.15, 0.2) is 0 Å². The van der Waals surface area contributed by atoms with Crippen LogP contribution in [0.3, 0.4) is 0 Å². The number of ether oxygens (including phenoxy) is 2. The smallest absolute Gasteiger partial charge is 0.410 e. The molecule has 6 rings (SSSR count). The molecule has 0 saturated heterocycles. The molecule has 0 spiro atoms. The number of fused-ring (bicyclic) bond motifs is 1. The third kappa shape index (κ3) is 7.65. The van der Waals surface area contributed by atoms with Crippen LogP contribution in [0, 0.1) is 0 Å². The molecular weight excluding hydrogens is 602 g/mol. The van der Waals surface area contributed by atoms with Crippen LogP contribution in [0.1, 0.15) is 69.9 Å². The van der Waals surface area contributed by atoms with Gasteiger partial charge >= 0.3 is 6.09 Å². The Labute approximate surface area is 284 Å².